The van der Waals surface area contributed by atoms with Crippen LogP contribution in [0.3, 0.4) is 0 Å². The van der Waals surface area contributed by atoms with E-state index in [9.17, 15) is 9.90 Å². The molecule has 32 heavy (non-hydrogen) atoms. The number of rotatable bonds is 4. The molecular formula is C24H24Cl2N4O2. The standard InChI is InChI=1S/C24H24Cl2N4O2/c1-23(2,27)12-5-6-18-15(9-12)19-14(7-8-28-22(19)31)21(29-18)30-20-16(25)10-13(11-17(20)26)24(3,4)32/h5-11,32H,27H2,1-4H3,(H,28,31)(H,29,30). The van der Waals surface area contributed by atoms with Crippen molar-refractivity contribution in [1.29, 1.82) is 0 Å². The largest absolute Gasteiger partial charge is 0.386 e. The third kappa shape index (κ3) is 4.07. The van der Waals surface area contributed by atoms with Gasteiger partial charge < -0.3 is 21.1 Å². The highest BCUT2D eigenvalue weighted by Gasteiger charge is 2.21. The topological polar surface area (TPSA) is 104 Å². The van der Waals surface area contributed by atoms with Crippen molar-refractivity contribution in [1.82, 2.24) is 9.97 Å². The van der Waals surface area contributed by atoms with Gasteiger partial charge in [0.25, 0.3) is 5.56 Å². The van der Waals surface area contributed by atoms with Crippen molar-refractivity contribution < 1.29 is 5.11 Å². The van der Waals surface area contributed by atoms with Gasteiger partial charge in [0.2, 0.25) is 0 Å². The van der Waals surface area contributed by atoms with Crippen molar-refractivity contribution in [2.24, 2.45) is 5.73 Å². The Labute approximate surface area is 195 Å². The number of nitrogens with one attached hydrogen (secondary N) is 2. The summed E-state index contributed by atoms with van der Waals surface area (Å²) in [5.41, 5.74) is 6.92. The second kappa shape index (κ2) is 7.74. The smallest absolute Gasteiger partial charge is 0.256 e. The van der Waals surface area contributed by atoms with E-state index in [1.54, 1.807) is 38.2 Å². The number of nitrogens with zero attached hydrogens (tertiary/aromatic N) is 1. The van der Waals surface area contributed by atoms with E-state index in [2.05, 4.69) is 10.3 Å². The number of H-pyrrole nitrogens is 1. The molecule has 0 aliphatic rings. The molecule has 8 heteroatoms. The fraction of sp³-hybridized carbons (Fsp3) is 0.250. The van der Waals surface area contributed by atoms with E-state index in [0.717, 1.165) is 5.56 Å². The number of anilines is 2. The number of nitrogens with two attached hydrogens (primary N) is 1. The van der Waals surface area contributed by atoms with Crippen molar-refractivity contribution in [2.75, 3.05) is 5.32 Å². The van der Waals surface area contributed by atoms with Gasteiger partial charge >= 0.3 is 0 Å². The van der Waals surface area contributed by atoms with Gasteiger partial charge in [-0.3, -0.25) is 4.79 Å². The highest BCUT2D eigenvalue weighted by Crippen LogP contribution is 2.39. The van der Waals surface area contributed by atoms with Crippen molar-refractivity contribution in [3.8, 4) is 0 Å². The molecule has 0 aliphatic heterocycles. The van der Waals surface area contributed by atoms with E-state index < -0.39 is 11.1 Å². The predicted octanol–water partition coefficient (Wildman–Crippen LogP) is 5.55. The maximum Gasteiger partial charge on any atom is 0.256 e. The van der Waals surface area contributed by atoms with Crippen LogP contribution in [-0.2, 0) is 11.1 Å². The van der Waals surface area contributed by atoms with E-state index in [1.165, 1.54) is 0 Å². The lowest BCUT2D eigenvalue weighted by Crippen LogP contribution is -2.28. The predicted molar refractivity (Wildman–Crippen MR) is 132 cm³/mol. The van der Waals surface area contributed by atoms with Gasteiger partial charge in [-0.05, 0) is 69.2 Å². The van der Waals surface area contributed by atoms with Crippen molar-refractivity contribution >= 4 is 56.4 Å². The lowest BCUT2D eigenvalue weighted by molar-refractivity contribution is 0.0786. The molecular weight excluding hydrogens is 447 g/mol. The molecule has 5 N–H and O–H groups in total. The Bertz CT molecular complexity index is 1390. The van der Waals surface area contributed by atoms with Gasteiger partial charge in [-0.2, -0.15) is 0 Å². The fourth-order valence-electron chi connectivity index (χ4n) is 3.62. The highest BCUT2D eigenvalue weighted by molar-refractivity contribution is 6.39. The minimum Gasteiger partial charge on any atom is -0.386 e. The van der Waals surface area contributed by atoms with E-state index in [1.807, 2.05) is 32.0 Å². The highest BCUT2D eigenvalue weighted by atomic mass is 35.5. The summed E-state index contributed by atoms with van der Waals surface area (Å²) in [5.74, 6) is 0.443. The summed E-state index contributed by atoms with van der Waals surface area (Å²) in [5, 5.41) is 16.0. The van der Waals surface area contributed by atoms with Crippen LogP contribution in [-0.4, -0.2) is 15.1 Å². The maximum absolute atomic E-state index is 12.8. The van der Waals surface area contributed by atoms with Gasteiger partial charge in [0.05, 0.1) is 32.2 Å². The van der Waals surface area contributed by atoms with Crippen LogP contribution in [0.4, 0.5) is 11.5 Å². The summed E-state index contributed by atoms with van der Waals surface area (Å²) >= 11 is 13.0. The van der Waals surface area contributed by atoms with Gasteiger partial charge in [-0.15, -0.1) is 0 Å². The van der Waals surface area contributed by atoms with Gasteiger partial charge in [-0.1, -0.05) is 29.3 Å². The van der Waals surface area contributed by atoms with E-state index >= 15 is 0 Å². The first kappa shape index (κ1) is 22.6. The van der Waals surface area contributed by atoms with Gasteiger partial charge in [0.1, 0.15) is 5.82 Å². The molecule has 2 aromatic carbocycles. The third-order valence-corrected chi connectivity index (χ3v) is 6.05. The maximum atomic E-state index is 12.8. The molecule has 0 amide bonds. The second-order valence-corrected chi connectivity index (χ2v) is 9.82. The fourth-order valence-corrected chi connectivity index (χ4v) is 4.20. The molecule has 2 aromatic heterocycles. The first-order valence-electron chi connectivity index (χ1n) is 10.1. The molecule has 2 heterocycles. The summed E-state index contributed by atoms with van der Waals surface area (Å²) < 4.78 is 0. The molecule has 4 rings (SSSR count). The number of benzene rings is 2. The van der Waals surface area contributed by atoms with Crippen LogP contribution < -0.4 is 16.6 Å². The van der Waals surface area contributed by atoms with Gasteiger partial charge in [0.15, 0.2) is 0 Å². The molecule has 4 aromatic rings. The van der Waals surface area contributed by atoms with Crippen LogP contribution in [0.2, 0.25) is 10.0 Å². The Hall–Kier alpha value is -2.64. The van der Waals surface area contributed by atoms with Crippen LogP contribution in [0, 0.1) is 0 Å². The molecule has 0 saturated heterocycles. The van der Waals surface area contributed by atoms with Crippen LogP contribution in [0.5, 0.6) is 0 Å². The molecule has 0 aliphatic carbocycles. The summed E-state index contributed by atoms with van der Waals surface area (Å²) in [6.07, 6.45) is 1.57. The van der Waals surface area contributed by atoms with Crippen molar-refractivity contribution in [3.63, 3.8) is 0 Å². The third-order valence-electron chi connectivity index (χ3n) is 5.45. The SMILES string of the molecule is CC(C)(N)c1ccc2nc(Nc3c(Cl)cc(C(C)(C)O)cc3Cl)c3cc[nH]c(=O)c3c2c1. The molecule has 0 radical (unpaired) electrons. The molecule has 0 atom stereocenters. The number of aromatic amines is 1. The van der Waals surface area contributed by atoms with Crippen molar-refractivity contribution in [3.05, 3.63) is 74.1 Å². The minimum absolute atomic E-state index is 0.237. The Morgan fingerprint density at radius 2 is 1.66 bits per heavy atom. The zero-order valence-corrected chi connectivity index (χ0v) is 19.7. The van der Waals surface area contributed by atoms with Crippen molar-refractivity contribution in [2.45, 2.75) is 38.8 Å². The summed E-state index contributed by atoms with van der Waals surface area (Å²) in [6.45, 7) is 7.13. The Morgan fingerprint density at radius 1 is 1.00 bits per heavy atom. The lowest BCUT2D eigenvalue weighted by atomic mass is 9.93. The number of halogens is 2. The molecule has 0 unspecified atom stereocenters. The number of fused-ring (bicyclic) bond motifs is 3. The first-order valence-corrected chi connectivity index (χ1v) is 10.9. The number of pyridine rings is 2. The number of hydrogen-bond donors (Lipinski definition) is 4. The monoisotopic (exact) mass is 470 g/mol. The summed E-state index contributed by atoms with van der Waals surface area (Å²) in [4.78, 5) is 20.3. The number of aliphatic hydroxyl groups is 1. The molecule has 0 bridgehead atoms. The average Bonchev–Trinajstić information content (AvgIpc) is 2.68. The zero-order chi connectivity index (χ0) is 23.4. The second-order valence-electron chi connectivity index (χ2n) is 9.01. The number of hydrogen-bond acceptors (Lipinski definition) is 5. The molecule has 166 valence electrons. The van der Waals surface area contributed by atoms with E-state index in [0.29, 0.717) is 48.8 Å². The average molecular weight is 471 g/mol. The van der Waals surface area contributed by atoms with Crippen LogP contribution in [0.15, 0.2) is 47.4 Å². The number of aromatic nitrogens is 2. The van der Waals surface area contributed by atoms with E-state index in [-0.39, 0.29) is 5.56 Å². The zero-order valence-electron chi connectivity index (χ0n) is 18.2. The Morgan fingerprint density at radius 3 is 2.25 bits per heavy atom. The summed E-state index contributed by atoms with van der Waals surface area (Å²) in [7, 11) is 0. The minimum atomic E-state index is -1.10. The van der Waals surface area contributed by atoms with Crippen LogP contribution in [0.1, 0.15) is 38.8 Å². The van der Waals surface area contributed by atoms with Crippen LogP contribution >= 0.6 is 23.2 Å². The van der Waals surface area contributed by atoms with Gasteiger partial charge in [-0.25, -0.2) is 4.98 Å². The normalized spacial score (nSPS) is 12.5. The summed E-state index contributed by atoms with van der Waals surface area (Å²) in [6, 6.07) is 10.7. The molecule has 6 nitrogen and oxygen atoms in total. The lowest BCUT2D eigenvalue weighted by Gasteiger charge is -2.21. The van der Waals surface area contributed by atoms with Crippen LogP contribution in [0.25, 0.3) is 21.7 Å². The quantitative estimate of drug-likeness (QED) is 0.292. The van der Waals surface area contributed by atoms with Gasteiger partial charge in [0, 0.05) is 22.5 Å². The Kier molecular flexibility index (Phi) is 5.46. The molecule has 0 saturated carbocycles. The first-order chi connectivity index (χ1) is 14.9. The Balaban J connectivity index is 1.95. The van der Waals surface area contributed by atoms with E-state index in [4.69, 9.17) is 33.9 Å². The molecule has 0 spiro atoms. The molecule has 0 fully saturated rings.